The van der Waals surface area contributed by atoms with Crippen LogP contribution in [0, 0.1) is 29.6 Å². The second-order valence-corrected chi connectivity index (χ2v) is 5.35. The zero-order valence-electron chi connectivity index (χ0n) is 11.3. The maximum Gasteiger partial charge on any atom is 0.0197 e. The minimum atomic E-state index is 0.556. The fourth-order valence-corrected chi connectivity index (χ4v) is 1.34. The average molecular weight is 208 g/mol. The van der Waals surface area contributed by atoms with E-state index < -0.39 is 0 Å². The summed E-state index contributed by atoms with van der Waals surface area (Å²) in [5.41, 5.74) is 0. The van der Waals surface area contributed by atoms with Gasteiger partial charge >= 0.3 is 0 Å². The van der Waals surface area contributed by atoms with Crippen LogP contribution in [0.5, 0.6) is 0 Å². The summed E-state index contributed by atoms with van der Waals surface area (Å²) in [6, 6.07) is 0. The fourth-order valence-electron chi connectivity index (χ4n) is 1.34. The molecule has 0 saturated heterocycles. The molecule has 0 fully saturated rings. The Kier molecular flexibility index (Phi) is 8.58. The lowest BCUT2D eigenvalue weighted by molar-refractivity contribution is 0.518. The van der Waals surface area contributed by atoms with E-state index in [9.17, 15) is 0 Å². The molecule has 1 atom stereocenters. The van der Waals surface area contributed by atoms with Crippen LogP contribution in [0.2, 0.25) is 0 Å². The fraction of sp³-hybridized carbons (Fsp3) is 0.867. The Morgan fingerprint density at radius 3 is 2.07 bits per heavy atom. The van der Waals surface area contributed by atoms with Crippen molar-refractivity contribution in [1.29, 1.82) is 0 Å². The largest absolute Gasteiger partial charge is 0.103 e. The van der Waals surface area contributed by atoms with E-state index in [0.717, 1.165) is 12.3 Å². The van der Waals surface area contributed by atoms with Gasteiger partial charge in [-0.2, -0.15) is 0 Å². The van der Waals surface area contributed by atoms with Gasteiger partial charge < -0.3 is 0 Å². The molecular weight excluding hydrogens is 180 g/mol. The van der Waals surface area contributed by atoms with Crippen molar-refractivity contribution >= 4 is 0 Å². The summed E-state index contributed by atoms with van der Waals surface area (Å²) in [5.74, 6) is 8.74. The van der Waals surface area contributed by atoms with Gasteiger partial charge in [0, 0.05) is 12.3 Å². The van der Waals surface area contributed by atoms with Crippen molar-refractivity contribution in [3.8, 4) is 11.8 Å². The average Bonchev–Trinajstić information content (AvgIpc) is 2.15. The molecule has 0 nitrogen and oxygen atoms in total. The minimum Gasteiger partial charge on any atom is -0.103 e. The van der Waals surface area contributed by atoms with Crippen LogP contribution < -0.4 is 0 Å². The summed E-state index contributed by atoms with van der Waals surface area (Å²) in [6.45, 7) is 11.3. The molecule has 0 aliphatic rings. The first-order valence-electron chi connectivity index (χ1n) is 6.52. The van der Waals surface area contributed by atoms with Crippen LogP contribution >= 0.6 is 0 Å². The molecule has 0 N–H and O–H groups in total. The van der Waals surface area contributed by atoms with E-state index >= 15 is 0 Å². The topological polar surface area (TPSA) is 0 Å². The van der Waals surface area contributed by atoms with Crippen molar-refractivity contribution in [2.75, 3.05) is 0 Å². The van der Waals surface area contributed by atoms with Gasteiger partial charge in [0.2, 0.25) is 0 Å². The maximum absolute atomic E-state index is 3.33. The van der Waals surface area contributed by atoms with Crippen LogP contribution in [0.4, 0.5) is 0 Å². The smallest absolute Gasteiger partial charge is 0.0197 e. The van der Waals surface area contributed by atoms with Crippen LogP contribution in [0.25, 0.3) is 0 Å². The Hall–Kier alpha value is -0.440. The zero-order chi connectivity index (χ0) is 11.7. The van der Waals surface area contributed by atoms with Gasteiger partial charge in [0.15, 0.2) is 0 Å². The molecule has 0 aromatic carbocycles. The molecule has 0 aromatic rings. The van der Waals surface area contributed by atoms with Gasteiger partial charge in [-0.05, 0) is 18.3 Å². The Labute approximate surface area is 96.8 Å². The van der Waals surface area contributed by atoms with Crippen LogP contribution in [0.1, 0.15) is 66.7 Å². The molecule has 1 unspecified atom stereocenters. The van der Waals surface area contributed by atoms with E-state index in [4.69, 9.17) is 0 Å². The van der Waals surface area contributed by atoms with Crippen molar-refractivity contribution in [1.82, 2.24) is 0 Å². The molecule has 0 aliphatic heterocycles. The van der Waals surface area contributed by atoms with Crippen LogP contribution in [-0.2, 0) is 0 Å². The predicted octanol–water partition coefficient (Wildman–Crippen LogP) is 4.89. The highest BCUT2D eigenvalue weighted by Crippen LogP contribution is 2.10. The van der Waals surface area contributed by atoms with E-state index in [2.05, 4.69) is 46.5 Å². The molecule has 0 rings (SSSR count). The standard InChI is InChI=1S/C15H28/c1-13(2)11-9-7-6-8-10-12-15(5)14(3)4/h13-15H,6-9,11H2,1-5H3. The SMILES string of the molecule is CC(C)CCCCCC#CC(C)C(C)C. The van der Waals surface area contributed by atoms with E-state index in [1.807, 2.05) is 0 Å². The first-order valence-corrected chi connectivity index (χ1v) is 6.52. The third kappa shape index (κ3) is 9.85. The second-order valence-electron chi connectivity index (χ2n) is 5.35. The maximum atomic E-state index is 3.33. The second kappa shape index (κ2) is 8.84. The summed E-state index contributed by atoms with van der Waals surface area (Å²) in [5, 5.41) is 0. The predicted molar refractivity (Wildman–Crippen MR) is 69.7 cm³/mol. The lowest BCUT2D eigenvalue weighted by Gasteiger charge is -2.06. The van der Waals surface area contributed by atoms with Crippen molar-refractivity contribution in [3.05, 3.63) is 0 Å². The van der Waals surface area contributed by atoms with E-state index in [1.54, 1.807) is 0 Å². The summed E-state index contributed by atoms with van der Waals surface area (Å²) in [4.78, 5) is 0. The van der Waals surface area contributed by atoms with Crippen LogP contribution in [0.3, 0.4) is 0 Å². The molecular formula is C15H28. The molecule has 0 radical (unpaired) electrons. The Bertz CT molecular complexity index is 190. The van der Waals surface area contributed by atoms with Gasteiger partial charge in [-0.3, -0.25) is 0 Å². The third-order valence-electron chi connectivity index (χ3n) is 2.91. The van der Waals surface area contributed by atoms with Gasteiger partial charge in [0.25, 0.3) is 0 Å². The minimum absolute atomic E-state index is 0.556. The molecule has 0 heteroatoms. The first kappa shape index (κ1) is 14.6. The highest BCUT2D eigenvalue weighted by Gasteiger charge is 2.00. The summed E-state index contributed by atoms with van der Waals surface area (Å²) in [6.07, 6.45) is 6.47. The van der Waals surface area contributed by atoms with Gasteiger partial charge in [0.05, 0.1) is 0 Å². The van der Waals surface area contributed by atoms with Gasteiger partial charge in [-0.25, -0.2) is 0 Å². The van der Waals surface area contributed by atoms with E-state index in [-0.39, 0.29) is 0 Å². The quantitative estimate of drug-likeness (QED) is 0.431. The Morgan fingerprint density at radius 1 is 0.867 bits per heavy atom. The molecule has 0 saturated carbocycles. The molecule has 88 valence electrons. The number of hydrogen-bond donors (Lipinski definition) is 0. The lowest BCUT2D eigenvalue weighted by Crippen LogP contribution is -1.99. The molecule has 0 spiro atoms. The summed E-state index contributed by atoms with van der Waals surface area (Å²) >= 11 is 0. The molecule has 0 bridgehead atoms. The molecule has 15 heavy (non-hydrogen) atoms. The van der Waals surface area contributed by atoms with Crippen LogP contribution in [-0.4, -0.2) is 0 Å². The van der Waals surface area contributed by atoms with Crippen molar-refractivity contribution in [3.63, 3.8) is 0 Å². The number of rotatable bonds is 6. The summed E-state index contributed by atoms with van der Waals surface area (Å²) in [7, 11) is 0. The van der Waals surface area contributed by atoms with Gasteiger partial charge in [0.1, 0.15) is 0 Å². The van der Waals surface area contributed by atoms with E-state index in [1.165, 1.54) is 25.7 Å². The van der Waals surface area contributed by atoms with Gasteiger partial charge in [-0.1, -0.05) is 59.8 Å². The number of unbranched alkanes of at least 4 members (excludes halogenated alkanes) is 3. The molecule has 0 aliphatic carbocycles. The number of hydrogen-bond acceptors (Lipinski definition) is 0. The van der Waals surface area contributed by atoms with Crippen LogP contribution in [0.15, 0.2) is 0 Å². The summed E-state index contributed by atoms with van der Waals surface area (Å²) < 4.78 is 0. The monoisotopic (exact) mass is 208 g/mol. The lowest BCUT2D eigenvalue weighted by atomic mass is 9.98. The molecule has 0 amide bonds. The van der Waals surface area contributed by atoms with E-state index in [0.29, 0.717) is 11.8 Å². The Morgan fingerprint density at radius 2 is 1.53 bits per heavy atom. The van der Waals surface area contributed by atoms with Crippen molar-refractivity contribution in [2.24, 2.45) is 17.8 Å². The molecule has 0 aromatic heterocycles. The molecule has 0 heterocycles. The normalized spacial score (nSPS) is 12.7. The van der Waals surface area contributed by atoms with Crippen molar-refractivity contribution in [2.45, 2.75) is 66.7 Å². The highest BCUT2D eigenvalue weighted by molar-refractivity contribution is 5.03. The third-order valence-corrected chi connectivity index (χ3v) is 2.91. The zero-order valence-corrected chi connectivity index (χ0v) is 11.3. The Balaban J connectivity index is 3.37. The van der Waals surface area contributed by atoms with Crippen molar-refractivity contribution < 1.29 is 0 Å². The van der Waals surface area contributed by atoms with Gasteiger partial charge in [-0.15, -0.1) is 5.92 Å². The first-order chi connectivity index (χ1) is 7.04. The highest BCUT2D eigenvalue weighted by atomic mass is 14.0.